The second-order valence-electron chi connectivity index (χ2n) is 10.3. The molecule has 0 saturated heterocycles. The first-order valence-corrected chi connectivity index (χ1v) is 15.8. The van der Waals surface area contributed by atoms with Crippen LogP contribution in [-0.2, 0) is 26.2 Å². The molecule has 0 radical (unpaired) electrons. The summed E-state index contributed by atoms with van der Waals surface area (Å²) in [5, 5.41) is 3.66. The van der Waals surface area contributed by atoms with Gasteiger partial charge < -0.3 is 15.0 Å². The molecule has 0 spiro atoms. The SMILES string of the molecule is CCC(C(=O)NCC(C)C)N(Cc1ccc(Cl)cc1Cl)C(=O)CN(c1cc(C)ccc1OC)S(=O)(=O)c1ccccc1. The first-order valence-electron chi connectivity index (χ1n) is 13.6. The van der Waals surface area contributed by atoms with Crippen molar-refractivity contribution in [1.82, 2.24) is 10.2 Å². The summed E-state index contributed by atoms with van der Waals surface area (Å²) in [6.45, 7) is 7.36. The van der Waals surface area contributed by atoms with Gasteiger partial charge in [-0.05, 0) is 66.8 Å². The Labute approximate surface area is 258 Å². The fraction of sp³-hybridized carbons (Fsp3) is 0.355. The number of carbonyl (C=O) groups is 2. The summed E-state index contributed by atoms with van der Waals surface area (Å²) in [7, 11) is -2.80. The van der Waals surface area contributed by atoms with E-state index in [2.05, 4.69) is 5.32 Å². The van der Waals surface area contributed by atoms with Gasteiger partial charge in [0.1, 0.15) is 18.3 Å². The second kappa shape index (κ2) is 14.8. The highest BCUT2D eigenvalue weighted by Crippen LogP contribution is 2.34. The number of sulfonamides is 1. The van der Waals surface area contributed by atoms with Crippen molar-refractivity contribution in [3.63, 3.8) is 0 Å². The number of nitrogens with zero attached hydrogens (tertiary/aromatic N) is 2. The minimum atomic E-state index is -4.23. The van der Waals surface area contributed by atoms with Gasteiger partial charge in [-0.2, -0.15) is 0 Å². The normalized spacial score (nSPS) is 12.1. The lowest BCUT2D eigenvalue weighted by Gasteiger charge is -2.34. The van der Waals surface area contributed by atoms with Gasteiger partial charge in [0.15, 0.2) is 0 Å². The molecule has 42 heavy (non-hydrogen) atoms. The van der Waals surface area contributed by atoms with Gasteiger partial charge in [-0.15, -0.1) is 0 Å². The molecule has 1 unspecified atom stereocenters. The molecule has 3 aromatic carbocycles. The lowest BCUT2D eigenvalue weighted by Crippen LogP contribution is -2.52. The van der Waals surface area contributed by atoms with Gasteiger partial charge >= 0.3 is 0 Å². The summed E-state index contributed by atoms with van der Waals surface area (Å²) in [6, 6.07) is 17.0. The summed E-state index contributed by atoms with van der Waals surface area (Å²) in [6.07, 6.45) is 0.292. The zero-order chi connectivity index (χ0) is 31.0. The number of amides is 2. The molecule has 0 bridgehead atoms. The van der Waals surface area contributed by atoms with Crippen molar-refractivity contribution >= 4 is 50.7 Å². The minimum Gasteiger partial charge on any atom is -0.495 e. The molecule has 0 aliphatic rings. The third kappa shape index (κ3) is 8.18. The third-order valence-electron chi connectivity index (χ3n) is 6.64. The van der Waals surface area contributed by atoms with Gasteiger partial charge in [0, 0.05) is 23.1 Å². The number of halogens is 2. The minimum absolute atomic E-state index is 0.00960. The molecule has 226 valence electrons. The molecule has 0 aliphatic carbocycles. The summed E-state index contributed by atoms with van der Waals surface area (Å²) in [5.41, 5.74) is 1.54. The smallest absolute Gasteiger partial charge is 0.264 e. The maximum atomic E-state index is 14.2. The van der Waals surface area contributed by atoms with Crippen LogP contribution in [0, 0.1) is 12.8 Å². The number of methoxy groups -OCH3 is 1. The molecule has 0 saturated carbocycles. The molecule has 3 aromatic rings. The highest BCUT2D eigenvalue weighted by molar-refractivity contribution is 7.92. The predicted molar refractivity (Wildman–Crippen MR) is 168 cm³/mol. The largest absolute Gasteiger partial charge is 0.495 e. The lowest BCUT2D eigenvalue weighted by molar-refractivity contribution is -0.140. The van der Waals surface area contributed by atoms with Crippen LogP contribution in [0.25, 0.3) is 0 Å². The molecule has 3 rings (SSSR count). The Balaban J connectivity index is 2.13. The van der Waals surface area contributed by atoms with Crippen LogP contribution in [0.3, 0.4) is 0 Å². The van der Waals surface area contributed by atoms with E-state index < -0.39 is 28.5 Å². The van der Waals surface area contributed by atoms with E-state index in [-0.39, 0.29) is 34.7 Å². The van der Waals surface area contributed by atoms with E-state index in [9.17, 15) is 18.0 Å². The van der Waals surface area contributed by atoms with Crippen LogP contribution in [0.5, 0.6) is 5.75 Å². The Bertz CT molecular complexity index is 1500. The highest BCUT2D eigenvalue weighted by Gasteiger charge is 2.35. The number of carbonyl (C=O) groups excluding carboxylic acids is 2. The van der Waals surface area contributed by atoms with Crippen molar-refractivity contribution in [2.75, 3.05) is 24.5 Å². The maximum Gasteiger partial charge on any atom is 0.264 e. The lowest BCUT2D eigenvalue weighted by atomic mass is 10.1. The quantitative estimate of drug-likeness (QED) is 0.246. The number of ether oxygens (including phenoxy) is 1. The first kappa shape index (κ1) is 33.2. The Kier molecular flexibility index (Phi) is 11.7. The standard InChI is InChI=1S/C31H37Cl2N3O5S/c1-6-27(31(38)34-18-21(2)3)35(19-23-13-14-24(32)17-26(23)33)30(37)20-36(28-16-22(4)12-15-29(28)41-5)42(39,40)25-10-8-7-9-11-25/h7-17,21,27H,6,18-20H2,1-5H3,(H,34,38). The van der Waals surface area contributed by atoms with E-state index in [1.807, 2.05) is 20.8 Å². The molecule has 0 heterocycles. The van der Waals surface area contributed by atoms with Gasteiger partial charge in [-0.25, -0.2) is 8.42 Å². The number of nitrogens with one attached hydrogen (secondary N) is 1. The van der Waals surface area contributed by atoms with E-state index in [0.717, 1.165) is 9.87 Å². The molecule has 8 nitrogen and oxygen atoms in total. The van der Waals surface area contributed by atoms with Gasteiger partial charge in [0.2, 0.25) is 11.8 Å². The molecular formula is C31H37Cl2N3O5S. The van der Waals surface area contributed by atoms with Gasteiger partial charge in [0.05, 0.1) is 17.7 Å². The molecule has 0 aromatic heterocycles. The molecule has 1 N–H and O–H groups in total. The Morgan fingerprint density at radius 1 is 1.00 bits per heavy atom. The van der Waals surface area contributed by atoms with Crippen LogP contribution in [0.15, 0.2) is 71.6 Å². The number of aryl methyl sites for hydroxylation is 1. The Morgan fingerprint density at radius 2 is 1.69 bits per heavy atom. The fourth-order valence-corrected chi connectivity index (χ4v) is 6.31. The molecule has 11 heteroatoms. The Morgan fingerprint density at radius 3 is 2.29 bits per heavy atom. The summed E-state index contributed by atoms with van der Waals surface area (Å²) < 4.78 is 34.7. The van der Waals surface area contributed by atoms with E-state index in [1.54, 1.807) is 61.5 Å². The first-order chi connectivity index (χ1) is 19.9. The summed E-state index contributed by atoms with van der Waals surface area (Å²) in [4.78, 5) is 29.0. The van der Waals surface area contributed by atoms with Gasteiger partial charge in [-0.1, -0.05) is 74.3 Å². The third-order valence-corrected chi connectivity index (χ3v) is 9.00. The van der Waals surface area contributed by atoms with Crippen LogP contribution in [0.4, 0.5) is 5.69 Å². The van der Waals surface area contributed by atoms with Crippen molar-refractivity contribution in [3.8, 4) is 5.75 Å². The van der Waals surface area contributed by atoms with Crippen molar-refractivity contribution in [2.45, 2.75) is 51.6 Å². The number of hydrogen-bond acceptors (Lipinski definition) is 5. The summed E-state index contributed by atoms with van der Waals surface area (Å²) >= 11 is 12.6. The number of hydrogen-bond donors (Lipinski definition) is 1. The van der Waals surface area contributed by atoms with Crippen molar-refractivity contribution < 1.29 is 22.7 Å². The predicted octanol–water partition coefficient (Wildman–Crippen LogP) is 6.09. The van der Waals surface area contributed by atoms with E-state index >= 15 is 0 Å². The highest BCUT2D eigenvalue weighted by atomic mass is 35.5. The number of anilines is 1. The molecular weight excluding hydrogens is 597 g/mol. The monoisotopic (exact) mass is 633 g/mol. The Hall–Kier alpha value is -3.27. The van der Waals surface area contributed by atoms with Crippen LogP contribution in [0.1, 0.15) is 38.3 Å². The fourth-order valence-electron chi connectivity index (χ4n) is 4.40. The van der Waals surface area contributed by atoms with Crippen molar-refractivity contribution in [2.24, 2.45) is 5.92 Å². The second-order valence-corrected chi connectivity index (χ2v) is 13.0. The van der Waals surface area contributed by atoms with Gasteiger partial charge in [-0.3, -0.25) is 13.9 Å². The molecule has 0 fully saturated rings. The van der Waals surface area contributed by atoms with Crippen LogP contribution in [0.2, 0.25) is 10.0 Å². The van der Waals surface area contributed by atoms with E-state index in [1.165, 1.54) is 24.1 Å². The molecule has 1 atom stereocenters. The zero-order valence-electron chi connectivity index (χ0n) is 24.4. The van der Waals surface area contributed by atoms with Crippen molar-refractivity contribution in [1.29, 1.82) is 0 Å². The van der Waals surface area contributed by atoms with E-state index in [4.69, 9.17) is 27.9 Å². The van der Waals surface area contributed by atoms with Crippen LogP contribution in [-0.4, -0.2) is 51.4 Å². The number of benzene rings is 3. The van der Waals surface area contributed by atoms with Crippen LogP contribution >= 0.6 is 23.2 Å². The van der Waals surface area contributed by atoms with Crippen molar-refractivity contribution in [3.05, 3.63) is 87.9 Å². The average Bonchev–Trinajstić information content (AvgIpc) is 2.96. The maximum absolute atomic E-state index is 14.2. The molecule has 0 aliphatic heterocycles. The topological polar surface area (TPSA) is 96.0 Å². The van der Waals surface area contributed by atoms with E-state index in [0.29, 0.717) is 28.6 Å². The zero-order valence-corrected chi connectivity index (χ0v) is 26.8. The molecule has 2 amide bonds. The average molecular weight is 635 g/mol. The number of rotatable bonds is 13. The van der Waals surface area contributed by atoms with Gasteiger partial charge in [0.25, 0.3) is 10.0 Å². The van der Waals surface area contributed by atoms with Crippen LogP contribution < -0.4 is 14.4 Å². The summed E-state index contributed by atoms with van der Waals surface area (Å²) in [5.74, 6) is -0.450.